The number of hydroxylamine groups is 2. The number of hydrogen-bond donors (Lipinski definition) is 0. The maximum Gasteiger partial charge on any atom is 0.332 e. The van der Waals surface area contributed by atoms with Gasteiger partial charge in [-0.3, -0.25) is 9.63 Å². The number of rotatable bonds is 5. The zero-order chi connectivity index (χ0) is 15.4. The molecule has 0 aromatic heterocycles. The molecule has 1 aromatic rings. The molecule has 0 N–H and O–H groups in total. The average Bonchev–Trinajstić information content (AvgIpc) is 2.73. The van der Waals surface area contributed by atoms with Gasteiger partial charge >= 0.3 is 5.97 Å². The van der Waals surface area contributed by atoms with Crippen molar-refractivity contribution in [1.82, 2.24) is 5.06 Å². The van der Waals surface area contributed by atoms with E-state index < -0.39 is 5.97 Å². The van der Waals surface area contributed by atoms with Crippen molar-refractivity contribution in [3.63, 3.8) is 0 Å². The van der Waals surface area contributed by atoms with E-state index in [4.69, 9.17) is 9.57 Å². The number of carbonyl (C=O) groups is 2. The Kier molecular flexibility index (Phi) is 4.75. The second-order valence-corrected chi connectivity index (χ2v) is 4.83. The van der Waals surface area contributed by atoms with Crippen LogP contribution in [-0.2, 0) is 14.4 Å². The van der Waals surface area contributed by atoms with Gasteiger partial charge in [-0.15, -0.1) is 0 Å². The lowest BCUT2D eigenvalue weighted by atomic mass is 10.0. The minimum absolute atomic E-state index is 0.266. The summed E-state index contributed by atoms with van der Waals surface area (Å²) in [5.41, 5.74) is 2.52. The van der Waals surface area contributed by atoms with Gasteiger partial charge in [0.2, 0.25) is 0 Å². The number of aryl methyl sites for hydroxylation is 1. The third-order valence-electron chi connectivity index (χ3n) is 3.35. The van der Waals surface area contributed by atoms with E-state index in [1.807, 2.05) is 26.0 Å². The predicted molar refractivity (Wildman–Crippen MR) is 78.2 cm³/mol. The molecule has 0 spiro atoms. The van der Waals surface area contributed by atoms with E-state index in [0.29, 0.717) is 23.4 Å². The first-order chi connectivity index (χ1) is 10.1. The monoisotopic (exact) mass is 289 g/mol. The number of unbranched alkanes of at least 4 members (excludes halogenated alkanes) is 1. The van der Waals surface area contributed by atoms with Gasteiger partial charge in [-0.1, -0.05) is 31.5 Å². The van der Waals surface area contributed by atoms with Crippen LogP contribution < -0.4 is 0 Å². The zero-order valence-corrected chi connectivity index (χ0v) is 12.5. The molecule has 0 atom stereocenters. The normalized spacial score (nSPS) is 15.5. The third-order valence-corrected chi connectivity index (χ3v) is 3.35. The second-order valence-electron chi connectivity index (χ2n) is 4.83. The van der Waals surface area contributed by atoms with E-state index in [1.165, 1.54) is 13.2 Å². The Morgan fingerprint density at radius 2 is 2.14 bits per heavy atom. The summed E-state index contributed by atoms with van der Waals surface area (Å²) in [4.78, 5) is 29.3. The van der Waals surface area contributed by atoms with Gasteiger partial charge in [0.05, 0.1) is 31.1 Å². The molecule has 1 aromatic carbocycles. The van der Waals surface area contributed by atoms with Gasteiger partial charge in [-0.05, 0) is 18.9 Å². The number of esters is 1. The lowest BCUT2D eigenvalue weighted by molar-refractivity contribution is -0.138. The fourth-order valence-electron chi connectivity index (χ4n) is 2.27. The van der Waals surface area contributed by atoms with Crippen LogP contribution in [0.25, 0.3) is 5.70 Å². The Bertz CT molecular complexity index is 592. The van der Waals surface area contributed by atoms with Gasteiger partial charge in [-0.2, -0.15) is 5.06 Å². The van der Waals surface area contributed by atoms with Crippen molar-refractivity contribution in [3.05, 3.63) is 41.0 Å². The minimum Gasteiger partial charge on any atom is -0.462 e. The van der Waals surface area contributed by atoms with E-state index in [0.717, 1.165) is 23.5 Å². The van der Waals surface area contributed by atoms with Crippen LogP contribution >= 0.6 is 0 Å². The molecule has 0 bridgehead atoms. The molecule has 1 aliphatic rings. The summed E-state index contributed by atoms with van der Waals surface area (Å²) in [5.74, 6) is -0.735. The topological polar surface area (TPSA) is 55.8 Å². The highest BCUT2D eigenvalue weighted by atomic mass is 16.7. The Labute approximate surface area is 124 Å². The van der Waals surface area contributed by atoms with Crippen LogP contribution in [0.1, 0.15) is 41.3 Å². The summed E-state index contributed by atoms with van der Waals surface area (Å²) >= 11 is 0. The largest absolute Gasteiger partial charge is 0.462 e. The molecule has 2 rings (SSSR count). The molecule has 1 aliphatic heterocycles. The maximum absolute atomic E-state index is 12.3. The molecule has 0 radical (unpaired) electrons. The fourth-order valence-corrected chi connectivity index (χ4v) is 2.27. The van der Waals surface area contributed by atoms with Crippen molar-refractivity contribution in [3.8, 4) is 0 Å². The summed E-state index contributed by atoms with van der Waals surface area (Å²) in [5, 5.41) is 1.12. The van der Waals surface area contributed by atoms with E-state index in [2.05, 4.69) is 0 Å². The Hall–Kier alpha value is -2.14. The van der Waals surface area contributed by atoms with E-state index in [1.54, 1.807) is 6.07 Å². The van der Waals surface area contributed by atoms with Crippen LogP contribution in [0, 0.1) is 6.92 Å². The summed E-state index contributed by atoms with van der Waals surface area (Å²) < 4.78 is 5.11. The van der Waals surface area contributed by atoms with Gasteiger partial charge in [0.25, 0.3) is 5.91 Å². The van der Waals surface area contributed by atoms with Gasteiger partial charge in [0.15, 0.2) is 0 Å². The van der Waals surface area contributed by atoms with Crippen molar-refractivity contribution in [1.29, 1.82) is 0 Å². The van der Waals surface area contributed by atoms with E-state index >= 15 is 0 Å². The number of ether oxygens (including phenoxy) is 1. The molecule has 0 saturated heterocycles. The standard InChI is InChI=1S/C16H19NO4/c1-4-5-9-21-14(18)10-13-12-8-6-7-11(2)15(12)16(19)17(13)20-3/h6-8,10H,4-5,9H2,1-3H3/b13-10+. The van der Waals surface area contributed by atoms with E-state index in [9.17, 15) is 9.59 Å². The lowest BCUT2D eigenvalue weighted by Crippen LogP contribution is -2.22. The summed E-state index contributed by atoms with van der Waals surface area (Å²) in [6, 6.07) is 5.49. The molecular weight excluding hydrogens is 270 g/mol. The molecule has 5 heteroatoms. The van der Waals surface area contributed by atoms with Gasteiger partial charge < -0.3 is 4.74 Å². The highest BCUT2D eigenvalue weighted by molar-refractivity contribution is 6.11. The molecular formula is C16H19NO4. The van der Waals surface area contributed by atoms with Crippen LogP contribution in [0.4, 0.5) is 0 Å². The first kappa shape index (κ1) is 15.3. The highest BCUT2D eigenvalue weighted by Gasteiger charge is 2.34. The van der Waals surface area contributed by atoms with Crippen molar-refractivity contribution in [2.75, 3.05) is 13.7 Å². The Morgan fingerprint density at radius 1 is 1.38 bits per heavy atom. The molecule has 0 unspecified atom stereocenters. The molecule has 0 saturated carbocycles. The first-order valence-corrected chi connectivity index (χ1v) is 6.97. The Balaban J connectivity index is 2.32. The van der Waals surface area contributed by atoms with Crippen LogP contribution in [0.15, 0.2) is 24.3 Å². The zero-order valence-electron chi connectivity index (χ0n) is 12.5. The lowest BCUT2D eigenvalue weighted by Gasteiger charge is -2.14. The summed E-state index contributed by atoms with van der Waals surface area (Å²) in [6.07, 6.45) is 3.08. The van der Waals surface area contributed by atoms with Crippen LogP contribution in [0.5, 0.6) is 0 Å². The van der Waals surface area contributed by atoms with Gasteiger partial charge in [0.1, 0.15) is 0 Å². The molecule has 1 heterocycles. The summed E-state index contributed by atoms with van der Waals surface area (Å²) in [7, 11) is 1.40. The van der Waals surface area contributed by atoms with Crippen molar-refractivity contribution >= 4 is 17.6 Å². The number of hydrogen-bond acceptors (Lipinski definition) is 4. The highest BCUT2D eigenvalue weighted by Crippen LogP contribution is 2.34. The van der Waals surface area contributed by atoms with Crippen molar-refractivity contribution in [2.24, 2.45) is 0 Å². The molecule has 0 fully saturated rings. The van der Waals surface area contributed by atoms with Crippen molar-refractivity contribution < 1.29 is 19.2 Å². The van der Waals surface area contributed by atoms with Crippen LogP contribution in [0.3, 0.4) is 0 Å². The molecule has 0 aliphatic carbocycles. The van der Waals surface area contributed by atoms with E-state index in [-0.39, 0.29) is 5.91 Å². The number of fused-ring (bicyclic) bond motifs is 1. The average molecular weight is 289 g/mol. The number of amides is 1. The summed E-state index contributed by atoms with van der Waals surface area (Å²) in [6.45, 7) is 4.25. The smallest absolute Gasteiger partial charge is 0.332 e. The molecule has 1 amide bonds. The molecule has 21 heavy (non-hydrogen) atoms. The third kappa shape index (κ3) is 2.97. The maximum atomic E-state index is 12.3. The number of benzene rings is 1. The quantitative estimate of drug-likeness (QED) is 0.475. The second kappa shape index (κ2) is 6.54. The number of carbonyl (C=O) groups excluding carboxylic acids is 2. The molecule has 5 nitrogen and oxygen atoms in total. The van der Waals surface area contributed by atoms with Crippen molar-refractivity contribution in [2.45, 2.75) is 26.7 Å². The fraction of sp³-hybridized carbons (Fsp3) is 0.375. The molecule has 112 valence electrons. The number of nitrogens with zero attached hydrogens (tertiary/aromatic N) is 1. The SMILES string of the molecule is CCCCOC(=O)/C=C1\c2cccc(C)c2C(=O)N1OC. The first-order valence-electron chi connectivity index (χ1n) is 6.97. The minimum atomic E-state index is -0.470. The van der Waals surface area contributed by atoms with Gasteiger partial charge in [0, 0.05) is 5.56 Å². The predicted octanol–water partition coefficient (Wildman–Crippen LogP) is 2.70. The van der Waals surface area contributed by atoms with Gasteiger partial charge in [-0.25, -0.2) is 4.79 Å². The van der Waals surface area contributed by atoms with Crippen LogP contribution in [0.2, 0.25) is 0 Å². The van der Waals surface area contributed by atoms with Crippen LogP contribution in [-0.4, -0.2) is 30.7 Å². The Morgan fingerprint density at radius 3 is 2.81 bits per heavy atom.